The Morgan fingerprint density at radius 2 is 1.87 bits per heavy atom. The number of carbonyl (C=O) groups is 2. The summed E-state index contributed by atoms with van der Waals surface area (Å²) in [7, 11) is 0. The Morgan fingerprint density at radius 3 is 2.57 bits per heavy atom. The van der Waals surface area contributed by atoms with Crippen molar-refractivity contribution in [1.82, 2.24) is 0 Å². The van der Waals surface area contributed by atoms with E-state index in [1.165, 1.54) is 6.92 Å². The van der Waals surface area contributed by atoms with Crippen LogP contribution in [0.3, 0.4) is 0 Å². The zero-order chi connectivity index (χ0) is 16.2. The van der Waals surface area contributed by atoms with Crippen molar-refractivity contribution in [3.05, 3.63) is 64.1 Å². The number of esters is 1. The summed E-state index contributed by atoms with van der Waals surface area (Å²) >= 11 is 3.41. The van der Waals surface area contributed by atoms with Crippen LogP contribution in [0.2, 0.25) is 0 Å². The van der Waals surface area contributed by atoms with Gasteiger partial charge in [-0.3, -0.25) is 9.59 Å². The van der Waals surface area contributed by atoms with Gasteiger partial charge in [-0.15, -0.1) is 0 Å². The second kappa shape index (κ2) is 4.68. The third-order valence-corrected chi connectivity index (χ3v) is 5.26. The summed E-state index contributed by atoms with van der Waals surface area (Å²) < 4.78 is 6.66. The minimum absolute atomic E-state index is 0.108. The van der Waals surface area contributed by atoms with Crippen LogP contribution in [0.15, 0.2) is 53.0 Å². The first-order chi connectivity index (χ1) is 11.0. The predicted octanol–water partition coefficient (Wildman–Crippen LogP) is 3.50. The van der Waals surface area contributed by atoms with E-state index in [2.05, 4.69) is 21.2 Å². The largest absolute Gasteiger partial charge is 0.453 e. The average Bonchev–Trinajstić information content (AvgIpc) is 3.09. The lowest BCUT2D eigenvalue weighted by atomic mass is 9.89. The average molecular weight is 372 g/mol. The van der Waals surface area contributed by atoms with Crippen molar-refractivity contribution in [3.63, 3.8) is 0 Å². The van der Waals surface area contributed by atoms with Crippen LogP contribution in [0.5, 0.6) is 0 Å². The quantitative estimate of drug-likeness (QED) is 0.821. The number of halogens is 1. The maximum atomic E-state index is 12.7. The maximum absolute atomic E-state index is 12.7. The molecule has 1 heterocycles. The highest BCUT2D eigenvalue weighted by molar-refractivity contribution is 9.10. The Bertz CT molecular complexity index is 832. The smallest absolute Gasteiger partial charge is 0.303 e. The van der Waals surface area contributed by atoms with Crippen molar-refractivity contribution in [2.75, 3.05) is 5.32 Å². The van der Waals surface area contributed by atoms with Crippen LogP contribution >= 0.6 is 15.9 Å². The summed E-state index contributed by atoms with van der Waals surface area (Å²) in [6.07, 6.45) is 0.462. The summed E-state index contributed by atoms with van der Waals surface area (Å²) in [6, 6.07) is 15.2. The van der Waals surface area contributed by atoms with E-state index in [-0.39, 0.29) is 11.9 Å². The fourth-order valence-electron chi connectivity index (χ4n) is 3.72. The van der Waals surface area contributed by atoms with Gasteiger partial charge in [0.05, 0.1) is 0 Å². The van der Waals surface area contributed by atoms with Gasteiger partial charge in [0, 0.05) is 23.5 Å². The summed E-state index contributed by atoms with van der Waals surface area (Å²) in [4.78, 5) is 24.5. The number of amides is 1. The lowest BCUT2D eigenvalue weighted by Crippen LogP contribution is -2.32. The number of hydrogen-bond acceptors (Lipinski definition) is 3. The third-order valence-electron chi connectivity index (χ3n) is 4.73. The molecule has 1 N–H and O–H groups in total. The fraction of sp³-hybridized carbons (Fsp3) is 0.222. The topological polar surface area (TPSA) is 55.4 Å². The molecular weight excluding hydrogens is 358 g/mol. The number of para-hydroxylation sites is 1. The molecule has 4 nitrogen and oxygen atoms in total. The van der Waals surface area contributed by atoms with Crippen molar-refractivity contribution >= 4 is 33.5 Å². The van der Waals surface area contributed by atoms with Gasteiger partial charge >= 0.3 is 5.97 Å². The first-order valence-corrected chi connectivity index (χ1v) is 8.15. The van der Waals surface area contributed by atoms with E-state index in [1.807, 2.05) is 48.5 Å². The Morgan fingerprint density at radius 1 is 1.17 bits per heavy atom. The van der Waals surface area contributed by atoms with Crippen molar-refractivity contribution < 1.29 is 14.3 Å². The fourth-order valence-corrected chi connectivity index (χ4v) is 3.98. The molecule has 0 radical (unpaired) electrons. The Hall–Kier alpha value is -2.14. The lowest BCUT2D eigenvalue weighted by Gasteiger charge is -2.22. The molecule has 5 heteroatoms. The molecule has 2 aromatic rings. The molecule has 1 saturated carbocycles. The third kappa shape index (κ3) is 1.83. The van der Waals surface area contributed by atoms with Gasteiger partial charge in [0.2, 0.25) is 5.91 Å². The second-order valence-corrected chi connectivity index (χ2v) is 6.93. The minimum atomic E-state index is -0.934. The van der Waals surface area contributed by atoms with Crippen LogP contribution in [0.1, 0.15) is 24.5 Å². The molecule has 1 fully saturated rings. The van der Waals surface area contributed by atoms with Crippen LogP contribution in [0, 0.1) is 0 Å². The normalized spacial score (nSPS) is 27.5. The summed E-state index contributed by atoms with van der Waals surface area (Å²) in [5, 5.41) is 2.92. The van der Waals surface area contributed by atoms with Crippen LogP contribution in [0.25, 0.3) is 0 Å². The number of fused-ring (bicyclic) bond motifs is 2. The van der Waals surface area contributed by atoms with Gasteiger partial charge in [-0.2, -0.15) is 0 Å². The molecule has 23 heavy (non-hydrogen) atoms. The first-order valence-electron chi connectivity index (χ1n) is 7.36. The van der Waals surface area contributed by atoms with E-state index in [0.717, 1.165) is 21.3 Å². The molecular formula is C18H14BrNO3. The van der Waals surface area contributed by atoms with E-state index in [0.29, 0.717) is 6.42 Å². The van der Waals surface area contributed by atoms with Crippen LogP contribution in [0.4, 0.5) is 5.69 Å². The first kappa shape index (κ1) is 14.5. The molecule has 1 aliphatic heterocycles. The van der Waals surface area contributed by atoms with Crippen LogP contribution in [-0.2, 0) is 25.3 Å². The Kier molecular flexibility index (Phi) is 2.94. The van der Waals surface area contributed by atoms with E-state index in [1.54, 1.807) is 0 Å². The van der Waals surface area contributed by atoms with Crippen molar-refractivity contribution in [2.45, 2.75) is 24.4 Å². The zero-order valence-corrected chi connectivity index (χ0v) is 14.0. The lowest BCUT2D eigenvalue weighted by molar-refractivity contribution is -0.151. The van der Waals surface area contributed by atoms with Gasteiger partial charge in [-0.25, -0.2) is 0 Å². The van der Waals surface area contributed by atoms with Gasteiger partial charge in [0.25, 0.3) is 0 Å². The van der Waals surface area contributed by atoms with Gasteiger partial charge < -0.3 is 10.1 Å². The molecule has 0 unspecified atom stereocenters. The monoisotopic (exact) mass is 371 g/mol. The van der Waals surface area contributed by atoms with Crippen molar-refractivity contribution in [2.24, 2.45) is 0 Å². The Labute approximate surface area is 142 Å². The molecule has 2 aliphatic rings. The molecule has 0 saturated heterocycles. The molecule has 1 amide bonds. The highest BCUT2D eigenvalue weighted by Gasteiger charge is 2.79. The second-order valence-electron chi connectivity index (χ2n) is 6.01. The summed E-state index contributed by atoms with van der Waals surface area (Å²) in [6.45, 7) is 1.38. The number of benzene rings is 2. The van der Waals surface area contributed by atoms with E-state index >= 15 is 0 Å². The van der Waals surface area contributed by atoms with Crippen LogP contribution in [-0.4, -0.2) is 11.9 Å². The number of ether oxygens (including phenoxy) is 1. The van der Waals surface area contributed by atoms with E-state index in [9.17, 15) is 9.59 Å². The number of nitrogens with one attached hydrogen (secondary N) is 1. The number of anilines is 1. The van der Waals surface area contributed by atoms with Gasteiger partial charge in [-0.05, 0) is 29.3 Å². The molecule has 4 rings (SSSR count). The number of hydrogen-bond donors (Lipinski definition) is 1. The summed E-state index contributed by atoms with van der Waals surface area (Å²) in [5.74, 6) is -0.496. The number of carbonyl (C=O) groups excluding carboxylic acids is 2. The van der Waals surface area contributed by atoms with Gasteiger partial charge in [-0.1, -0.05) is 46.3 Å². The van der Waals surface area contributed by atoms with Crippen LogP contribution < -0.4 is 5.32 Å². The molecule has 116 valence electrons. The molecule has 2 atom stereocenters. The molecule has 1 spiro atoms. The molecule has 0 bridgehead atoms. The van der Waals surface area contributed by atoms with Gasteiger partial charge in [0.1, 0.15) is 5.41 Å². The van der Waals surface area contributed by atoms with E-state index < -0.39 is 11.0 Å². The Balaban J connectivity index is 1.89. The molecule has 0 aromatic heterocycles. The minimum Gasteiger partial charge on any atom is -0.453 e. The predicted molar refractivity (Wildman–Crippen MR) is 89.0 cm³/mol. The highest BCUT2D eigenvalue weighted by Crippen LogP contribution is 2.69. The van der Waals surface area contributed by atoms with Gasteiger partial charge in [0.15, 0.2) is 5.60 Å². The van der Waals surface area contributed by atoms with E-state index in [4.69, 9.17) is 4.74 Å². The maximum Gasteiger partial charge on any atom is 0.303 e. The highest BCUT2D eigenvalue weighted by atomic mass is 79.9. The SMILES string of the molecule is CC(=O)O[C@]1(c2ccc(Br)cc2)C[C@]12C(=O)Nc1ccccc12. The number of rotatable bonds is 2. The molecule has 2 aromatic carbocycles. The zero-order valence-electron chi connectivity index (χ0n) is 12.4. The molecule has 1 aliphatic carbocycles. The summed E-state index contributed by atoms with van der Waals surface area (Å²) in [5.41, 5.74) is 0.764. The van der Waals surface area contributed by atoms with Crippen molar-refractivity contribution in [1.29, 1.82) is 0 Å². The standard InChI is InChI=1S/C18H14BrNO3/c1-11(21)23-18(12-6-8-13(19)9-7-12)10-17(18)14-4-2-3-5-15(14)20-16(17)22/h2-9H,10H2,1H3,(H,20,22)/t17-,18-/m0/s1. The van der Waals surface area contributed by atoms with Crippen molar-refractivity contribution in [3.8, 4) is 0 Å².